The lowest BCUT2D eigenvalue weighted by atomic mass is 9.85. The number of hydrogen-bond acceptors (Lipinski definition) is 3. The first-order valence-corrected chi connectivity index (χ1v) is 8.16. The molecule has 0 aliphatic heterocycles. The van der Waals surface area contributed by atoms with E-state index in [4.69, 9.17) is 5.11 Å². The van der Waals surface area contributed by atoms with Gasteiger partial charge in [-0.15, -0.1) is 0 Å². The van der Waals surface area contributed by atoms with E-state index in [-0.39, 0.29) is 30.2 Å². The van der Waals surface area contributed by atoms with Crippen molar-refractivity contribution in [3.05, 3.63) is 35.4 Å². The smallest absolute Gasteiger partial charge is 0.305 e. The number of amides is 2. The van der Waals surface area contributed by atoms with E-state index < -0.39 is 11.5 Å². The number of aliphatic carboxylic acids is 1. The summed E-state index contributed by atoms with van der Waals surface area (Å²) in [5.41, 5.74) is 0.0659. The van der Waals surface area contributed by atoms with E-state index in [1.165, 1.54) is 0 Å². The predicted molar refractivity (Wildman–Crippen MR) is 89.9 cm³/mol. The normalized spacial score (nSPS) is 16.3. The summed E-state index contributed by atoms with van der Waals surface area (Å²) < 4.78 is 0. The van der Waals surface area contributed by atoms with Crippen molar-refractivity contribution in [2.24, 2.45) is 5.92 Å². The molecule has 2 amide bonds. The standard InChI is InChI=1S/C18H24N2O4/c1-11(2)18(3,10-15(21)22)20-17(24)13-6-4-12(5-7-13)16(23)19-14-8-9-14/h4-7,11,14H,8-10H2,1-3H3,(H,19,23)(H,20,24)(H,21,22). The lowest BCUT2D eigenvalue weighted by molar-refractivity contribution is -0.138. The summed E-state index contributed by atoms with van der Waals surface area (Å²) in [5.74, 6) is -1.48. The fraction of sp³-hybridized carbons (Fsp3) is 0.500. The molecule has 1 aliphatic carbocycles. The number of hydrogen-bond donors (Lipinski definition) is 3. The van der Waals surface area contributed by atoms with Gasteiger partial charge in [0.15, 0.2) is 0 Å². The summed E-state index contributed by atoms with van der Waals surface area (Å²) in [6.07, 6.45) is 1.88. The van der Waals surface area contributed by atoms with Crippen LogP contribution in [0.5, 0.6) is 0 Å². The van der Waals surface area contributed by atoms with Gasteiger partial charge in [0.05, 0.1) is 12.0 Å². The fourth-order valence-corrected chi connectivity index (χ4v) is 2.31. The van der Waals surface area contributed by atoms with Crippen LogP contribution < -0.4 is 10.6 Å². The Morgan fingerprint density at radius 2 is 1.62 bits per heavy atom. The quantitative estimate of drug-likeness (QED) is 0.713. The number of nitrogens with one attached hydrogen (secondary N) is 2. The Morgan fingerprint density at radius 1 is 1.12 bits per heavy atom. The van der Waals surface area contributed by atoms with Crippen molar-refractivity contribution >= 4 is 17.8 Å². The number of carboxylic acids is 1. The summed E-state index contributed by atoms with van der Waals surface area (Å²) >= 11 is 0. The second kappa shape index (κ2) is 7.03. The number of carbonyl (C=O) groups is 3. The van der Waals surface area contributed by atoms with E-state index in [0.717, 1.165) is 12.8 Å². The predicted octanol–water partition coefficient (Wildman–Crippen LogP) is 2.20. The number of rotatable bonds is 7. The second-order valence-electron chi connectivity index (χ2n) is 6.92. The van der Waals surface area contributed by atoms with E-state index in [9.17, 15) is 14.4 Å². The molecule has 2 rings (SSSR count). The molecule has 1 unspecified atom stereocenters. The number of carbonyl (C=O) groups excluding carboxylic acids is 2. The molecule has 0 spiro atoms. The highest BCUT2D eigenvalue weighted by molar-refractivity contribution is 5.98. The first-order valence-electron chi connectivity index (χ1n) is 8.16. The lowest BCUT2D eigenvalue weighted by Gasteiger charge is -2.33. The average molecular weight is 332 g/mol. The van der Waals surface area contributed by atoms with E-state index in [2.05, 4.69) is 10.6 Å². The van der Waals surface area contributed by atoms with Gasteiger partial charge in [-0.3, -0.25) is 14.4 Å². The Bertz CT molecular complexity index is 635. The average Bonchev–Trinajstić information content (AvgIpc) is 3.30. The summed E-state index contributed by atoms with van der Waals surface area (Å²) in [7, 11) is 0. The van der Waals surface area contributed by atoms with Crippen molar-refractivity contribution in [1.82, 2.24) is 10.6 Å². The maximum absolute atomic E-state index is 12.4. The van der Waals surface area contributed by atoms with Crippen molar-refractivity contribution in [3.63, 3.8) is 0 Å². The van der Waals surface area contributed by atoms with Gasteiger partial charge in [0.1, 0.15) is 0 Å². The molecular weight excluding hydrogens is 308 g/mol. The van der Waals surface area contributed by atoms with Crippen LogP contribution >= 0.6 is 0 Å². The van der Waals surface area contributed by atoms with Crippen molar-refractivity contribution in [3.8, 4) is 0 Å². The minimum Gasteiger partial charge on any atom is -0.481 e. The molecule has 3 N–H and O–H groups in total. The molecule has 1 aliphatic rings. The Morgan fingerprint density at radius 3 is 2.04 bits per heavy atom. The monoisotopic (exact) mass is 332 g/mol. The Balaban J connectivity index is 2.05. The van der Waals surface area contributed by atoms with E-state index in [1.54, 1.807) is 31.2 Å². The highest BCUT2D eigenvalue weighted by Crippen LogP contribution is 2.22. The Hall–Kier alpha value is -2.37. The van der Waals surface area contributed by atoms with Gasteiger partial charge in [0.25, 0.3) is 11.8 Å². The van der Waals surface area contributed by atoms with Crippen LogP contribution in [0.1, 0.15) is 60.7 Å². The largest absolute Gasteiger partial charge is 0.481 e. The number of carboxylic acid groups (broad SMARTS) is 1. The molecule has 6 heteroatoms. The third-order valence-electron chi connectivity index (χ3n) is 4.51. The molecule has 0 bridgehead atoms. The zero-order chi connectivity index (χ0) is 17.9. The van der Waals surface area contributed by atoms with Gasteiger partial charge in [-0.05, 0) is 49.9 Å². The van der Waals surface area contributed by atoms with Crippen LogP contribution in [0.25, 0.3) is 0 Å². The highest BCUT2D eigenvalue weighted by atomic mass is 16.4. The topological polar surface area (TPSA) is 95.5 Å². The zero-order valence-corrected chi connectivity index (χ0v) is 14.3. The van der Waals surface area contributed by atoms with E-state index >= 15 is 0 Å². The number of benzene rings is 1. The Kier molecular flexibility index (Phi) is 5.26. The van der Waals surface area contributed by atoms with Gasteiger partial charge >= 0.3 is 5.97 Å². The third-order valence-corrected chi connectivity index (χ3v) is 4.51. The van der Waals surface area contributed by atoms with Crippen molar-refractivity contribution in [2.45, 2.75) is 51.6 Å². The highest BCUT2D eigenvalue weighted by Gasteiger charge is 2.33. The first-order chi connectivity index (χ1) is 11.2. The molecule has 0 aromatic heterocycles. The molecule has 24 heavy (non-hydrogen) atoms. The van der Waals surface area contributed by atoms with Crippen LogP contribution in [-0.2, 0) is 4.79 Å². The second-order valence-corrected chi connectivity index (χ2v) is 6.92. The third kappa shape index (κ3) is 4.57. The van der Waals surface area contributed by atoms with Gasteiger partial charge < -0.3 is 15.7 Å². The van der Waals surface area contributed by atoms with Crippen LogP contribution in [0.15, 0.2) is 24.3 Å². The zero-order valence-electron chi connectivity index (χ0n) is 14.3. The summed E-state index contributed by atoms with van der Waals surface area (Å²) in [6.45, 7) is 5.46. The van der Waals surface area contributed by atoms with Crippen LogP contribution in [-0.4, -0.2) is 34.5 Å². The molecule has 1 fully saturated rings. The molecule has 1 atom stereocenters. The summed E-state index contributed by atoms with van der Waals surface area (Å²) in [5, 5.41) is 14.8. The molecular formula is C18H24N2O4. The minimum absolute atomic E-state index is 0.0406. The molecule has 0 radical (unpaired) electrons. The lowest BCUT2D eigenvalue weighted by Crippen LogP contribution is -2.51. The van der Waals surface area contributed by atoms with Gasteiger partial charge in [-0.2, -0.15) is 0 Å². The fourth-order valence-electron chi connectivity index (χ4n) is 2.31. The summed E-state index contributed by atoms with van der Waals surface area (Å²) in [4.78, 5) is 35.4. The molecule has 1 aromatic carbocycles. The van der Waals surface area contributed by atoms with E-state index in [1.807, 2.05) is 13.8 Å². The van der Waals surface area contributed by atoms with Gasteiger partial charge in [-0.25, -0.2) is 0 Å². The van der Waals surface area contributed by atoms with Crippen LogP contribution in [0, 0.1) is 5.92 Å². The maximum Gasteiger partial charge on any atom is 0.305 e. The van der Waals surface area contributed by atoms with E-state index in [0.29, 0.717) is 11.1 Å². The van der Waals surface area contributed by atoms with Crippen LogP contribution in [0.3, 0.4) is 0 Å². The van der Waals surface area contributed by atoms with Crippen LogP contribution in [0.4, 0.5) is 0 Å². The molecule has 130 valence electrons. The van der Waals surface area contributed by atoms with Crippen molar-refractivity contribution < 1.29 is 19.5 Å². The molecule has 1 saturated carbocycles. The van der Waals surface area contributed by atoms with Crippen molar-refractivity contribution in [2.75, 3.05) is 0 Å². The van der Waals surface area contributed by atoms with Crippen LogP contribution in [0.2, 0.25) is 0 Å². The summed E-state index contributed by atoms with van der Waals surface area (Å²) in [6, 6.07) is 6.66. The molecule has 6 nitrogen and oxygen atoms in total. The van der Waals surface area contributed by atoms with Crippen molar-refractivity contribution in [1.29, 1.82) is 0 Å². The molecule has 0 saturated heterocycles. The van der Waals surface area contributed by atoms with Gasteiger partial charge in [-0.1, -0.05) is 13.8 Å². The maximum atomic E-state index is 12.4. The minimum atomic E-state index is -0.960. The first kappa shape index (κ1) is 18.0. The molecule has 0 heterocycles. The van der Waals surface area contributed by atoms with Gasteiger partial charge in [0, 0.05) is 17.2 Å². The SMILES string of the molecule is CC(C)C(C)(CC(=O)O)NC(=O)c1ccc(C(=O)NC2CC2)cc1. The Labute approximate surface area is 141 Å². The van der Waals surface area contributed by atoms with Gasteiger partial charge in [0.2, 0.25) is 0 Å². The molecule has 1 aromatic rings.